The second-order valence-corrected chi connectivity index (χ2v) is 5.09. The summed E-state index contributed by atoms with van der Waals surface area (Å²) in [5, 5.41) is 1.00. The van der Waals surface area contributed by atoms with Gasteiger partial charge in [-0.2, -0.15) is 0 Å². The highest BCUT2D eigenvalue weighted by atomic mass is 79.9. The van der Waals surface area contributed by atoms with Gasteiger partial charge in [0, 0.05) is 11.9 Å². The SMILES string of the molecule is CC(C)CCOCC(C)(C)CBr. The smallest absolute Gasteiger partial charge is 0.0525 e. The van der Waals surface area contributed by atoms with E-state index in [1.165, 1.54) is 6.42 Å². The molecule has 0 fully saturated rings. The van der Waals surface area contributed by atoms with Crippen molar-refractivity contribution in [3.63, 3.8) is 0 Å². The van der Waals surface area contributed by atoms with Gasteiger partial charge in [0.25, 0.3) is 0 Å². The van der Waals surface area contributed by atoms with Crippen molar-refractivity contribution in [2.45, 2.75) is 34.1 Å². The van der Waals surface area contributed by atoms with E-state index in [1.54, 1.807) is 0 Å². The molecule has 0 spiro atoms. The highest BCUT2D eigenvalue weighted by Crippen LogP contribution is 2.18. The molecule has 0 aromatic rings. The summed E-state index contributed by atoms with van der Waals surface area (Å²) in [5.41, 5.74) is 0.275. The van der Waals surface area contributed by atoms with Gasteiger partial charge in [0.05, 0.1) is 6.61 Å². The molecule has 0 aliphatic heterocycles. The van der Waals surface area contributed by atoms with Crippen molar-refractivity contribution >= 4 is 15.9 Å². The predicted molar refractivity (Wildman–Crippen MR) is 57.8 cm³/mol. The fourth-order valence-electron chi connectivity index (χ4n) is 0.706. The summed E-state index contributed by atoms with van der Waals surface area (Å²) in [6, 6.07) is 0. The summed E-state index contributed by atoms with van der Waals surface area (Å²) in [6.45, 7) is 10.6. The molecular formula is C10H21BrO. The van der Waals surface area contributed by atoms with E-state index in [2.05, 4.69) is 43.6 Å². The second-order valence-electron chi connectivity index (χ2n) is 4.53. The molecule has 0 unspecified atom stereocenters. The summed E-state index contributed by atoms with van der Waals surface area (Å²) in [5.74, 6) is 0.747. The van der Waals surface area contributed by atoms with Crippen molar-refractivity contribution in [3.8, 4) is 0 Å². The van der Waals surface area contributed by atoms with Crippen molar-refractivity contribution in [1.82, 2.24) is 0 Å². The van der Waals surface area contributed by atoms with Crippen molar-refractivity contribution in [1.29, 1.82) is 0 Å². The maximum absolute atomic E-state index is 5.57. The molecule has 0 amide bonds. The lowest BCUT2D eigenvalue weighted by atomic mass is 9.98. The van der Waals surface area contributed by atoms with E-state index < -0.39 is 0 Å². The van der Waals surface area contributed by atoms with Crippen LogP contribution >= 0.6 is 15.9 Å². The van der Waals surface area contributed by atoms with E-state index in [1.807, 2.05) is 0 Å². The molecule has 0 bridgehead atoms. The quantitative estimate of drug-likeness (QED) is 0.507. The molecule has 0 atom stereocenters. The maximum Gasteiger partial charge on any atom is 0.0525 e. The number of hydrogen-bond donors (Lipinski definition) is 0. The van der Waals surface area contributed by atoms with E-state index in [-0.39, 0.29) is 5.41 Å². The molecule has 0 radical (unpaired) electrons. The Kier molecular flexibility index (Phi) is 6.20. The van der Waals surface area contributed by atoms with Gasteiger partial charge in [-0.15, -0.1) is 0 Å². The molecule has 2 heteroatoms. The number of rotatable bonds is 6. The third-order valence-corrected chi connectivity index (χ3v) is 3.21. The molecule has 0 saturated heterocycles. The van der Waals surface area contributed by atoms with Crippen LogP contribution in [-0.2, 0) is 4.74 Å². The van der Waals surface area contributed by atoms with Gasteiger partial charge in [0.15, 0.2) is 0 Å². The molecule has 12 heavy (non-hydrogen) atoms. The van der Waals surface area contributed by atoms with Gasteiger partial charge in [-0.25, -0.2) is 0 Å². The van der Waals surface area contributed by atoms with Crippen molar-refractivity contribution < 1.29 is 4.74 Å². The van der Waals surface area contributed by atoms with Gasteiger partial charge in [-0.1, -0.05) is 43.6 Å². The summed E-state index contributed by atoms with van der Waals surface area (Å²) in [4.78, 5) is 0. The minimum Gasteiger partial charge on any atom is -0.381 e. The monoisotopic (exact) mass is 236 g/mol. The molecule has 0 rings (SSSR count). The first kappa shape index (κ1) is 12.4. The van der Waals surface area contributed by atoms with Gasteiger partial charge in [-0.3, -0.25) is 0 Å². The molecule has 0 N–H and O–H groups in total. The zero-order chi connectivity index (χ0) is 9.61. The average Bonchev–Trinajstić information content (AvgIpc) is 1.98. The largest absolute Gasteiger partial charge is 0.381 e. The first-order valence-corrected chi connectivity index (χ1v) is 5.74. The van der Waals surface area contributed by atoms with Crippen LogP contribution in [0, 0.1) is 11.3 Å². The average molecular weight is 237 g/mol. The van der Waals surface area contributed by atoms with Gasteiger partial charge in [-0.05, 0) is 17.8 Å². The van der Waals surface area contributed by atoms with Crippen molar-refractivity contribution in [2.75, 3.05) is 18.5 Å². The van der Waals surface area contributed by atoms with Crippen molar-refractivity contribution in [3.05, 3.63) is 0 Å². The summed E-state index contributed by atoms with van der Waals surface area (Å²) in [6.07, 6.45) is 1.17. The van der Waals surface area contributed by atoms with Crippen molar-refractivity contribution in [2.24, 2.45) is 11.3 Å². The van der Waals surface area contributed by atoms with Crippen LogP contribution in [0.5, 0.6) is 0 Å². The molecule has 0 heterocycles. The molecule has 0 saturated carbocycles. The number of ether oxygens (including phenoxy) is 1. The van der Waals surface area contributed by atoms with Gasteiger partial charge >= 0.3 is 0 Å². The number of hydrogen-bond acceptors (Lipinski definition) is 1. The Labute approximate surface area is 85.0 Å². The second kappa shape index (κ2) is 5.98. The van der Waals surface area contributed by atoms with Crippen LogP contribution in [0.1, 0.15) is 34.1 Å². The topological polar surface area (TPSA) is 9.23 Å². The third kappa shape index (κ3) is 7.11. The molecule has 0 aliphatic carbocycles. The summed E-state index contributed by atoms with van der Waals surface area (Å²) >= 11 is 3.47. The van der Waals surface area contributed by atoms with Gasteiger partial charge < -0.3 is 4.74 Å². The number of alkyl halides is 1. The van der Waals surface area contributed by atoms with Crippen LogP contribution in [-0.4, -0.2) is 18.5 Å². The van der Waals surface area contributed by atoms with Crippen LogP contribution in [0.4, 0.5) is 0 Å². The minimum atomic E-state index is 0.275. The van der Waals surface area contributed by atoms with Crippen LogP contribution in [0.2, 0.25) is 0 Å². The lowest BCUT2D eigenvalue weighted by molar-refractivity contribution is 0.0672. The fourth-order valence-corrected chi connectivity index (χ4v) is 0.868. The standard InChI is InChI=1S/C10H21BrO/c1-9(2)5-6-12-8-10(3,4)7-11/h9H,5-8H2,1-4H3. The zero-order valence-electron chi connectivity index (χ0n) is 8.69. The van der Waals surface area contributed by atoms with E-state index >= 15 is 0 Å². The highest BCUT2D eigenvalue weighted by Gasteiger charge is 2.15. The molecule has 74 valence electrons. The van der Waals surface area contributed by atoms with E-state index in [0.717, 1.165) is 24.5 Å². The Bertz CT molecular complexity index is 110. The van der Waals surface area contributed by atoms with Crippen LogP contribution in [0.25, 0.3) is 0 Å². The Morgan fingerprint density at radius 3 is 2.33 bits per heavy atom. The fraction of sp³-hybridized carbons (Fsp3) is 1.00. The first-order valence-electron chi connectivity index (χ1n) is 4.61. The Hall–Kier alpha value is 0.440. The predicted octanol–water partition coefficient (Wildman–Crippen LogP) is 3.47. The Morgan fingerprint density at radius 2 is 1.92 bits per heavy atom. The lowest BCUT2D eigenvalue weighted by Gasteiger charge is -2.21. The molecule has 0 aromatic heterocycles. The van der Waals surface area contributed by atoms with Gasteiger partial charge in [0.2, 0.25) is 0 Å². The summed E-state index contributed by atoms with van der Waals surface area (Å²) in [7, 11) is 0. The maximum atomic E-state index is 5.57. The lowest BCUT2D eigenvalue weighted by Crippen LogP contribution is -2.21. The van der Waals surface area contributed by atoms with Gasteiger partial charge in [0.1, 0.15) is 0 Å². The third-order valence-electron chi connectivity index (χ3n) is 1.69. The molecule has 1 nitrogen and oxygen atoms in total. The first-order chi connectivity index (χ1) is 5.48. The molecule has 0 aromatic carbocycles. The van der Waals surface area contributed by atoms with E-state index in [4.69, 9.17) is 4.74 Å². The summed E-state index contributed by atoms with van der Waals surface area (Å²) < 4.78 is 5.57. The van der Waals surface area contributed by atoms with Crippen LogP contribution in [0.3, 0.4) is 0 Å². The van der Waals surface area contributed by atoms with E-state index in [0.29, 0.717) is 0 Å². The molecule has 0 aliphatic rings. The Morgan fingerprint density at radius 1 is 1.33 bits per heavy atom. The van der Waals surface area contributed by atoms with E-state index in [9.17, 15) is 0 Å². The minimum absolute atomic E-state index is 0.275. The Balaban J connectivity index is 3.31. The number of halogens is 1. The molecular weight excluding hydrogens is 216 g/mol. The van der Waals surface area contributed by atoms with Crippen LogP contribution in [0.15, 0.2) is 0 Å². The van der Waals surface area contributed by atoms with Crippen LogP contribution < -0.4 is 0 Å². The normalized spacial score (nSPS) is 12.5. The zero-order valence-corrected chi connectivity index (χ0v) is 10.3. The highest BCUT2D eigenvalue weighted by molar-refractivity contribution is 9.09.